The van der Waals surface area contributed by atoms with Gasteiger partial charge in [0.05, 0.1) is 5.92 Å². The first-order valence-electron chi connectivity index (χ1n) is 4.26. The Morgan fingerprint density at radius 2 is 2.31 bits per heavy atom. The number of hydrogen-bond acceptors (Lipinski definition) is 2. The minimum absolute atomic E-state index is 0.0289. The van der Waals surface area contributed by atoms with Crippen molar-refractivity contribution in [2.75, 3.05) is 13.1 Å². The van der Waals surface area contributed by atoms with Crippen molar-refractivity contribution in [3.05, 3.63) is 12.7 Å². The number of nitrogens with zero attached hydrogens (tertiary/aromatic N) is 1. The molecule has 4 heteroatoms. The highest BCUT2D eigenvalue weighted by Crippen LogP contribution is 2.16. The first kappa shape index (κ1) is 9.77. The highest BCUT2D eigenvalue weighted by atomic mass is 16.4. The third-order valence-electron chi connectivity index (χ3n) is 2.21. The third-order valence-corrected chi connectivity index (χ3v) is 2.21. The topological polar surface area (TPSA) is 57.6 Å². The van der Waals surface area contributed by atoms with Crippen molar-refractivity contribution in [1.82, 2.24) is 4.90 Å². The molecule has 1 N–H and O–H groups in total. The Balaban J connectivity index is 2.44. The summed E-state index contributed by atoms with van der Waals surface area (Å²) < 4.78 is 0. The van der Waals surface area contributed by atoms with Gasteiger partial charge >= 0.3 is 5.97 Å². The predicted octanol–water partition coefficient (Wildman–Crippen LogP) is 0.496. The lowest BCUT2D eigenvalue weighted by Gasteiger charge is -2.13. The van der Waals surface area contributed by atoms with Crippen molar-refractivity contribution < 1.29 is 14.7 Å². The first-order valence-corrected chi connectivity index (χ1v) is 4.26. The zero-order valence-corrected chi connectivity index (χ0v) is 7.40. The highest BCUT2D eigenvalue weighted by Gasteiger charge is 2.29. The van der Waals surface area contributed by atoms with E-state index < -0.39 is 5.97 Å². The molecule has 0 saturated carbocycles. The van der Waals surface area contributed by atoms with Crippen LogP contribution in [0.4, 0.5) is 0 Å². The van der Waals surface area contributed by atoms with E-state index >= 15 is 0 Å². The zero-order chi connectivity index (χ0) is 9.84. The van der Waals surface area contributed by atoms with Crippen LogP contribution in [0.5, 0.6) is 0 Å². The molecule has 1 amide bonds. The van der Waals surface area contributed by atoms with Crippen LogP contribution < -0.4 is 0 Å². The van der Waals surface area contributed by atoms with Gasteiger partial charge in [0.25, 0.3) is 0 Å². The van der Waals surface area contributed by atoms with Gasteiger partial charge in [-0.3, -0.25) is 9.59 Å². The summed E-state index contributed by atoms with van der Waals surface area (Å²) in [4.78, 5) is 23.4. The molecule has 1 rings (SSSR count). The zero-order valence-electron chi connectivity index (χ0n) is 7.40. The Labute approximate surface area is 76.8 Å². The maximum Gasteiger partial charge on any atom is 0.308 e. The molecule has 0 radical (unpaired) electrons. The minimum Gasteiger partial charge on any atom is -0.481 e. The van der Waals surface area contributed by atoms with Gasteiger partial charge in [-0.2, -0.15) is 0 Å². The number of amides is 1. The van der Waals surface area contributed by atoms with E-state index in [-0.39, 0.29) is 11.8 Å². The van der Waals surface area contributed by atoms with Crippen LogP contribution >= 0.6 is 0 Å². The van der Waals surface area contributed by atoms with Gasteiger partial charge in [0, 0.05) is 19.5 Å². The molecule has 0 aromatic carbocycles. The highest BCUT2D eigenvalue weighted by molar-refractivity contribution is 5.79. The minimum atomic E-state index is -0.811. The van der Waals surface area contributed by atoms with Gasteiger partial charge in [0.1, 0.15) is 0 Å². The van der Waals surface area contributed by atoms with Crippen molar-refractivity contribution >= 4 is 11.9 Å². The van der Waals surface area contributed by atoms with Crippen LogP contribution in [0.25, 0.3) is 0 Å². The van der Waals surface area contributed by atoms with Gasteiger partial charge in [-0.15, -0.1) is 6.58 Å². The molecular weight excluding hydrogens is 170 g/mol. The van der Waals surface area contributed by atoms with Crippen LogP contribution in [-0.4, -0.2) is 35.0 Å². The number of aliphatic carboxylic acids is 1. The standard InChI is InChI=1S/C9H13NO3/c1-2-3-8(11)10-5-4-7(6-10)9(12)13/h2,7H,1,3-6H2,(H,12,13). The summed E-state index contributed by atoms with van der Waals surface area (Å²) in [6, 6.07) is 0. The number of likely N-dealkylation sites (tertiary alicyclic amines) is 1. The molecular formula is C9H13NO3. The molecule has 0 bridgehead atoms. The van der Waals surface area contributed by atoms with E-state index in [1.54, 1.807) is 4.90 Å². The second-order valence-corrected chi connectivity index (χ2v) is 3.16. The molecule has 1 aliphatic rings. The van der Waals surface area contributed by atoms with Crippen LogP contribution in [-0.2, 0) is 9.59 Å². The molecule has 1 fully saturated rings. The summed E-state index contributed by atoms with van der Waals surface area (Å²) in [6.07, 6.45) is 2.40. The van der Waals surface area contributed by atoms with Crippen LogP contribution in [0, 0.1) is 5.92 Å². The van der Waals surface area contributed by atoms with Gasteiger partial charge in [-0.05, 0) is 6.42 Å². The Bertz CT molecular complexity index is 237. The lowest BCUT2D eigenvalue weighted by Crippen LogP contribution is -2.29. The fraction of sp³-hybridized carbons (Fsp3) is 0.556. The Hall–Kier alpha value is -1.32. The SMILES string of the molecule is C=CCC(=O)N1CCC(C(=O)O)C1. The summed E-state index contributed by atoms with van der Waals surface area (Å²) in [6.45, 7) is 4.37. The van der Waals surface area contributed by atoms with Crippen LogP contribution in [0.3, 0.4) is 0 Å². The second kappa shape index (κ2) is 4.07. The van der Waals surface area contributed by atoms with E-state index in [0.29, 0.717) is 25.9 Å². The van der Waals surface area contributed by atoms with E-state index in [2.05, 4.69) is 6.58 Å². The Morgan fingerprint density at radius 3 is 2.77 bits per heavy atom. The molecule has 1 aliphatic heterocycles. The van der Waals surface area contributed by atoms with E-state index in [1.807, 2.05) is 0 Å². The van der Waals surface area contributed by atoms with E-state index in [0.717, 1.165) is 0 Å². The average Bonchev–Trinajstić information content (AvgIpc) is 2.52. The molecule has 4 nitrogen and oxygen atoms in total. The van der Waals surface area contributed by atoms with Crippen molar-refractivity contribution in [2.24, 2.45) is 5.92 Å². The van der Waals surface area contributed by atoms with Crippen LogP contribution in [0.2, 0.25) is 0 Å². The van der Waals surface area contributed by atoms with Crippen molar-refractivity contribution in [3.63, 3.8) is 0 Å². The number of carboxylic acids is 1. The molecule has 0 aliphatic carbocycles. The molecule has 13 heavy (non-hydrogen) atoms. The summed E-state index contributed by atoms with van der Waals surface area (Å²) in [5.41, 5.74) is 0. The maximum atomic E-state index is 11.3. The summed E-state index contributed by atoms with van der Waals surface area (Å²) >= 11 is 0. The number of carboxylic acid groups (broad SMARTS) is 1. The van der Waals surface area contributed by atoms with Gasteiger partial charge in [0.15, 0.2) is 0 Å². The van der Waals surface area contributed by atoms with E-state index in [4.69, 9.17) is 5.11 Å². The van der Waals surface area contributed by atoms with Crippen molar-refractivity contribution in [1.29, 1.82) is 0 Å². The Kier molecular flexibility index (Phi) is 3.06. The van der Waals surface area contributed by atoms with Crippen LogP contribution in [0.15, 0.2) is 12.7 Å². The molecule has 1 atom stereocenters. The maximum absolute atomic E-state index is 11.3. The van der Waals surface area contributed by atoms with E-state index in [1.165, 1.54) is 6.08 Å². The molecule has 72 valence electrons. The molecule has 1 heterocycles. The summed E-state index contributed by atoms with van der Waals surface area (Å²) in [7, 11) is 0. The number of carbonyl (C=O) groups is 2. The second-order valence-electron chi connectivity index (χ2n) is 3.16. The van der Waals surface area contributed by atoms with Gasteiger partial charge in [0.2, 0.25) is 5.91 Å². The Morgan fingerprint density at radius 1 is 1.62 bits per heavy atom. The smallest absolute Gasteiger partial charge is 0.308 e. The molecule has 1 saturated heterocycles. The predicted molar refractivity (Wildman–Crippen MR) is 47.1 cm³/mol. The van der Waals surface area contributed by atoms with Gasteiger partial charge < -0.3 is 10.0 Å². The molecule has 0 aromatic heterocycles. The lowest BCUT2D eigenvalue weighted by molar-refractivity contribution is -0.141. The third kappa shape index (κ3) is 2.31. The largest absolute Gasteiger partial charge is 0.481 e. The van der Waals surface area contributed by atoms with Gasteiger partial charge in [-0.25, -0.2) is 0 Å². The van der Waals surface area contributed by atoms with Crippen LogP contribution in [0.1, 0.15) is 12.8 Å². The quantitative estimate of drug-likeness (QED) is 0.648. The van der Waals surface area contributed by atoms with E-state index in [9.17, 15) is 9.59 Å². The average molecular weight is 183 g/mol. The number of hydrogen-bond donors (Lipinski definition) is 1. The molecule has 1 unspecified atom stereocenters. The first-order chi connectivity index (χ1) is 6.15. The monoisotopic (exact) mass is 183 g/mol. The van der Waals surface area contributed by atoms with Crippen molar-refractivity contribution in [3.8, 4) is 0 Å². The molecule has 0 spiro atoms. The normalized spacial score (nSPS) is 21.5. The summed E-state index contributed by atoms with van der Waals surface area (Å²) in [5, 5.41) is 8.68. The lowest BCUT2D eigenvalue weighted by atomic mass is 10.1. The molecule has 0 aromatic rings. The summed E-state index contributed by atoms with van der Waals surface area (Å²) in [5.74, 6) is -1.22. The number of rotatable bonds is 3. The fourth-order valence-corrected chi connectivity index (χ4v) is 1.44. The van der Waals surface area contributed by atoms with Crippen molar-refractivity contribution in [2.45, 2.75) is 12.8 Å². The number of carbonyl (C=O) groups excluding carboxylic acids is 1. The van der Waals surface area contributed by atoms with Gasteiger partial charge in [-0.1, -0.05) is 6.08 Å². The fourth-order valence-electron chi connectivity index (χ4n) is 1.44.